The van der Waals surface area contributed by atoms with Crippen molar-refractivity contribution in [2.45, 2.75) is 13.5 Å². The lowest BCUT2D eigenvalue weighted by Gasteiger charge is -2.34. The fourth-order valence-electron chi connectivity index (χ4n) is 3.88. The number of rotatable bonds is 4. The number of amides is 1. The zero-order valence-corrected chi connectivity index (χ0v) is 18.0. The Morgan fingerprint density at radius 1 is 1.13 bits per heavy atom. The van der Waals surface area contributed by atoms with Crippen molar-refractivity contribution in [2.24, 2.45) is 0 Å². The molecule has 0 saturated carbocycles. The van der Waals surface area contributed by atoms with Crippen LogP contribution in [-0.2, 0) is 6.54 Å². The van der Waals surface area contributed by atoms with Crippen molar-refractivity contribution in [3.8, 4) is 10.6 Å². The molecule has 0 aliphatic carbocycles. The predicted molar refractivity (Wildman–Crippen MR) is 120 cm³/mol. The molecule has 31 heavy (non-hydrogen) atoms. The number of hydrogen-bond acceptors (Lipinski definition) is 5. The molecule has 1 N–H and O–H groups in total. The summed E-state index contributed by atoms with van der Waals surface area (Å²) in [5.41, 5.74) is 4.41. The Balaban J connectivity index is 1.21. The van der Waals surface area contributed by atoms with E-state index in [1.807, 2.05) is 30.0 Å². The molecule has 8 heteroatoms. The van der Waals surface area contributed by atoms with Gasteiger partial charge in [-0.25, -0.2) is 9.37 Å². The molecular weight excluding hydrogens is 413 g/mol. The molecule has 1 amide bonds. The van der Waals surface area contributed by atoms with Crippen LogP contribution in [0.1, 0.15) is 21.7 Å². The number of fused-ring (bicyclic) bond motifs is 1. The monoisotopic (exact) mass is 435 g/mol. The van der Waals surface area contributed by atoms with Crippen LogP contribution in [-0.4, -0.2) is 57.1 Å². The molecule has 5 rings (SSSR count). The number of H-pyrrole nitrogens is 1. The van der Waals surface area contributed by atoms with Gasteiger partial charge in [0.25, 0.3) is 5.91 Å². The molecule has 0 bridgehead atoms. The SMILES string of the molecule is Cc1ccc2[nH]nc(C(=O)N3CCN(Cc4csc(-c5ccc(F)cc5)n4)CC3)c2c1. The summed E-state index contributed by atoms with van der Waals surface area (Å²) in [6.07, 6.45) is 0. The molecular formula is C23H22FN5OS. The van der Waals surface area contributed by atoms with Crippen molar-refractivity contribution in [1.29, 1.82) is 0 Å². The molecule has 0 atom stereocenters. The molecule has 1 aliphatic heterocycles. The highest BCUT2D eigenvalue weighted by Gasteiger charge is 2.25. The van der Waals surface area contributed by atoms with Gasteiger partial charge in [-0.05, 0) is 43.3 Å². The number of hydrogen-bond donors (Lipinski definition) is 1. The van der Waals surface area contributed by atoms with Gasteiger partial charge in [0.15, 0.2) is 5.69 Å². The first kappa shape index (κ1) is 19.8. The summed E-state index contributed by atoms with van der Waals surface area (Å²) in [6.45, 7) is 5.65. The zero-order valence-electron chi connectivity index (χ0n) is 17.1. The van der Waals surface area contributed by atoms with Crippen molar-refractivity contribution in [3.63, 3.8) is 0 Å². The summed E-state index contributed by atoms with van der Waals surface area (Å²) in [5.74, 6) is -0.269. The first-order valence-electron chi connectivity index (χ1n) is 10.2. The number of carbonyl (C=O) groups excluding carboxylic acids is 1. The number of halogens is 1. The molecule has 1 fully saturated rings. The summed E-state index contributed by atoms with van der Waals surface area (Å²) in [6, 6.07) is 12.4. The molecule has 3 heterocycles. The van der Waals surface area contributed by atoms with Crippen LogP contribution in [0.4, 0.5) is 4.39 Å². The Hall–Kier alpha value is -3.10. The molecule has 2 aromatic carbocycles. The molecule has 0 unspecified atom stereocenters. The van der Waals surface area contributed by atoms with Crippen LogP contribution >= 0.6 is 11.3 Å². The quantitative estimate of drug-likeness (QED) is 0.524. The van der Waals surface area contributed by atoms with E-state index in [4.69, 9.17) is 4.98 Å². The maximum Gasteiger partial charge on any atom is 0.275 e. The van der Waals surface area contributed by atoms with Crippen LogP contribution in [0.3, 0.4) is 0 Å². The summed E-state index contributed by atoms with van der Waals surface area (Å²) in [4.78, 5) is 21.9. The second-order valence-corrected chi connectivity index (χ2v) is 8.70. The maximum atomic E-state index is 13.1. The molecule has 4 aromatic rings. The summed E-state index contributed by atoms with van der Waals surface area (Å²) in [5, 5.41) is 11.1. The Labute approximate surface area is 183 Å². The molecule has 0 radical (unpaired) electrons. The van der Waals surface area contributed by atoms with E-state index in [0.29, 0.717) is 18.8 Å². The fraction of sp³-hybridized carbons (Fsp3) is 0.261. The standard InChI is InChI=1S/C23H22FN5OS/c1-15-2-7-20-19(12-15)21(27-26-20)23(30)29-10-8-28(9-11-29)13-18-14-31-22(25-18)16-3-5-17(24)6-4-16/h2-7,12,14H,8-11,13H2,1H3,(H,26,27). The van der Waals surface area contributed by atoms with Gasteiger partial charge >= 0.3 is 0 Å². The largest absolute Gasteiger partial charge is 0.335 e. The van der Waals surface area contributed by atoms with E-state index in [1.54, 1.807) is 23.5 Å². The Kier molecular flexibility index (Phi) is 5.25. The minimum atomic E-state index is -0.245. The molecule has 6 nitrogen and oxygen atoms in total. The van der Waals surface area contributed by atoms with Crippen LogP contribution in [0.15, 0.2) is 47.8 Å². The van der Waals surface area contributed by atoms with Gasteiger partial charge < -0.3 is 4.90 Å². The van der Waals surface area contributed by atoms with Gasteiger partial charge in [0.1, 0.15) is 10.8 Å². The topological polar surface area (TPSA) is 65.1 Å². The van der Waals surface area contributed by atoms with Gasteiger partial charge in [-0.2, -0.15) is 5.10 Å². The Morgan fingerprint density at radius 3 is 2.68 bits per heavy atom. The van der Waals surface area contributed by atoms with E-state index in [2.05, 4.69) is 20.5 Å². The van der Waals surface area contributed by atoms with Gasteiger partial charge in [0.05, 0.1) is 11.2 Å². The second-order valence-electron chi connectivity index (χ2n) is 7.84. The van der Waals surface area contributed by atoms with Gasteiger partial charge in [-0.3, -0.25) is 14.8 Å². The smallest absolute Gasteiger partial charge is 0.275 e. The van der Waals surface area contributed by atoms with Crippen molar-refractivity contribution in [2.75, 3.05) is 26.2 Å². The third-order valence-corrected chi connectivity index (χ3v) is 6.55. The number of aromatic amines is 1. The van der Waals surface area contributed by atoms with E-state index in [-0.39, 0.29) is 11.7 Å². The number of thiazole rings is 1. The van der Waals surface area contributed by atoms with Crippen LogP contribution in [0.2, 0.25) is 0 Å². The molecule has 2 aromatic heterocycles. The third-order valence-electron chi connectivity index (χ3n) is 5.61. The fourth-order valence-corrected chi connectivity index (χ4v) is 4.70. The van der Waals surface area contributed by atoms with Crippen molar-refractivity contribution >= 4 is 28.1 Å². The van der Waals surface area contributed by atoms with Crippen LogP contribution in [0, 0.1) is 12.7 Å². The van der Waals surface area contributed by atoms with E-state index in [0.717, 1.165) is 52.4 Å². The maximum absolute atomic E-state index is 13.1. The lowest BCUT2D eigenvalue weighted by Crippen LogP contribution is -2.48. The summed E-state index contributed by atoms with van der Waals surface area (Å²) < 4.78 is 13.1. The first-order chi connectivity index (χ1) is 15.1. The average molecular weight is 436 g/mol. The minimum Gasteiger partial charge on any atom is -0.335 e. The minimum absolute atomic E-state index is 0.0243. The number of piperazine rings is 1. The molecule has 158 valence electrons. The van der Waals surface area contributed by atoms with Gasteiger partial charge in [-0.1, -0.05) is 11.6 Å². The molecule has 0 spiro atoms. The number of benzene rings is 2. The molecule has 1 aliphatic rings. The first-order valence-corrected chi connectivity index (χ1v) is 11.1. The number of nitrogens with one attached hydrogen (secondary N) is 1. The van der Waals surface area contributed by atoms with E-state index < -0.39 is 0 Å². The highest BCUT2D eigenvalue weighted by molar-refractivity contribution is 7.13. The molecule has 1 saturated heterocycles. The predicted octanol–water partition coefficient (Wildman–Crippen LogP) is 4.09. The second kappa shape index (κ2) is 8.20. The number of carbonyl (C=O) groups is 1. The highest BCUT2D eigenvalue weighted by atomic mass is 32.1. The van der Waals surface area contributed by atoms with Gasteiger partial charge in [0, 0.05) is 49.1 Å². The Morgan fingerprint density at radius 2 is 1.90 bits per heavy atom. The third kappa shape index (κ3) is 4.08. The van der Waals surface area contributed by atoms with Crippen molar-refractivity contribution < 1.29 is 9.18 Å². The number of aromatic nitrogens is 3. The van der Waals surface area contributed by atoms with Gasteiger partial charge in [-0.15, -0.1) is 11.3 Å². The average Bonchev–Trinajstić information content (AvgIpc) is 3.41. The van der Waals surface area contributed by atoms with Crippen molar-refractivity contribution in [3.05, 3.63) is 70.6 Å². The lowest BCUT2D eigenvalue weighted by molar-refractivity contribution is 0.0623. The highest BCUT2D eigenvalue weighted by Crippen LogP contribution is 2.25. The lowest BCUT2D eigenvalue weighted by atomic mass is 10.1. The van der Waals surface area contributed by atoms with Crippen LogP contribution < -0.4 is 0 Å². The number of aryl methyl sites for hydroxylation is 1. The van der Waals surface area contributed by atoms with Crippen LogP contribution in [0.5, 0.6) is 0 Å². The van der Waals surface area contributed by atoms with E-state index in [9.17, 15) is 9.18 Å². The van der Waals surface area contributed by atoms with E-state index in [1.165, 1.54) is 12.1 Å². The normalized spacial score (nSPS) is 15.0. The van der Waals surface area contributed by atoms with Crippen LogP contribution in [0.25, 0.3) is 21.5 Å². The van der Waals surface area contributed by atoms with Gasteiger partial charge in [0.2, 0.25) is 0 Å². The Bertz CT molecular complexity index is 1220. The number of nitrogens with zero attached hydrogens (tertiary/aromatic N) is 4. The van der Waals surface area contributed by atoms with Crippen molar-refractivity contribution in [1.82, 2.24) is 25.0 Å². The summed E-state index contributed by atoms with van der Waals surface area (Å²) >= 11 is 1.57. The zero-order chi connectivity index (χ0) is 21.4. The van der Waals surface area contributed by atoms with E-state index >= 15 is 0 Å². The summed E-state index contributed by atoms with van der Waals surface area (Å²) in [7, 11) is 0.